The van der Waals surface area contributed by atoms with Crippen LogP contribution in [-0.4, -0.2) is 19.2 Å². The molecule has 120 valence electrons. The molecule has 2 nitrogen and oxygen atoms in total. The minimum atomic E-state index is 0.0400. The average molecular weight is 312 g/mol. The Hall–Kier alpha value is -0.730. The molecule has 1 aromatic carbocycles. The summed E-state index contributed by atoms with van der Waals surface area (Å²) in [6.45, 7) is 12.8. The fraction of sp³-hybridized carbons (Fsp3) is 0.667. The van der Waals surface area contributed by atoms with Gasteiger partial charge in [-0.3, -0.25) is 0 Å². The van der Waals surface area contributed by atoms with E-state index in [2.05, 4.69) is 39.9 Å². The molecule has 0 saturated heterocycles. The van der Waals surface area contributed by atoms with E-state index in [1.165, 1.54) is 12.0 Å². The van der Waals surface area contributed by atoms with Gasteiger partial charge in [0.05, 0.1) is 6.61 Å². The molecular formula is C18H30ClNO. The number of unbranched alkanes of at least 4 members (excludes halogenated alkanes) is 1. The maximum Gasteiger partial charge on any atom is 0.123 e. The van der Waals surface area contributed by atoms with Crippen LogP contribution in [0.25, 0.3) is 0 Å². The van der Waals surface area contributed by atoms with Crippen molar-refractivity contribution in [2.75, 3.05) is 13.2 Å². The molecule has 0 amide bonds. The van der Waals surface area contributed by atoms with Crippen molar-refractivity contribution in [2.45, 2.75) is 65.3 Å². The fourth-order valence-corrected chi connectivity index (χ4v) is 2.29. The lowest BCUT2D eigenvalue weighted by Crippen LogP contribution is -2.26. The van der Waals surface area contributed by atoms with E-state index in [1.807, 2.05) is 18.2 Å². The summed E-state index contributed by atoms with van der Waals surface area (Å²) in [5.41, 5.74) is 1.21. The third kappa shape index (κ3) is 6.71. The fourth-order valence-electron chi connectivity index (χ4n) is 2.12. The van der Waals surface area contributed by atoms with Crippen LogP contribution in [-0.2, 0) is 5.41 Å². The summed E-state index contributed by atoms with van der Waals surface area (Å²) >= 11 is 6.10. The first-order valence-corrected chi connectivity index (χ1v) is 8.38. The molecule has 0 radical (unpaired) electrons. The van der Waals surface area contributed by atoms with Crippen LogP contribution >= 0.6 is 11.6 Å². The average Bonchev–Trinajstić information content (AvgIpc) is 2.42. The lowest BCUT2D eigenvalue weighted by Gasteiger charge is -2.23. The second kappa shape index (κ2) is 8.65. The molecule has 0 heterocycles. The van der Waals surface area contributed by atoms with Crippen molar-refractivity contribution in [3.63, 3.8) is 0 Å². The first-order valence-electron chi connectivity index (χ1n) is 8.00. The second-order valence-corrected chi connectivity index (χ2v) is 7.15. The zero-order valence-corrected chi connectivity index (χ0v) is 14.9. The topological polar surface area (TPSA) is 21.3 Å². The first-order chi connectivity index (χ1) is 9.84. The van der Waals surface area contributed by atoms with E-state index in [0.717, 1.165) is 36.8 Å². The molecular weight excluding hydrogens is 282 g/mol. The highest BCUT2D eigenvalue weighted by atomic mass is 35.5. The third-order valence-electron chi connectivity index (χ3n) is 3.68. The van der Waals surface area contributed by atoms with Crippen molar-refractivity contribution in [1.29, 1.82) is 0 Å². The molecule has 0 saturated carbocycles. The van der Waals surface area contributed by atoms with Gasteiger partial charge in [0, 0.05) is 16.6 Å². The summed E-state index contributed by atoms with van der Waals surface area (Å²) in [6.07, 6.45) is 3.38. The summed E-state index contributed by atoms with van der Waals surface area (Å²) < 4.78 is 5.97. The van der Waals surface area contributed by atoms with Crippen LogP contribution in [0.15, 0.2) is 18.2 Å². The highest BCUT2D eigenvalue weighted by Crippen LogP contribution is 2.33. The van der Waals surface area contributed by atoms with Crippen molar-refractivity contribution in [3.8, 4) is 5.75 Å². The minimum absolute atomic E-state index is 0.0400. The van der Waals surface area contributed by atoms with E-state index in [-0.39, 0.29) is 5.41 Å². The first kappa shape index (κ1) is 18.3. The molecule has 0 aliphatic heterocycles. The maximum atomic E-state index is 6.10. The quantitative estimate of drug-likeness (QED) is 0.667. The van der Waals surface area contributed by atoms with Gasteiger partial charge in [0.1, 0.15) is 5.75 Å². The largest absolute Gasteiger partial charge is 0.493 e. The summed E-state index contributed by atoms with van der Waals surface area (Å²) in [6, 6.07) is 6.51. The van der Waals surface area contributed by atoms with E-state index in [1.54, 1.807) is 0 Å². The number of rotatable bonds is 8. The summed E-state index contributed by atoms with van der Waals surface area (Å²) in [4.78, 5) is 0. The number of benzene rings is 1. The lowest BCUT2D eigenvalue weighted by molar-refractivity contribution is 0.297. The molecule has 0 aliphatic carbocycles. The molecule has 1 aromatic rings. The van der Waals surface area contributed by atoms with E-state index in [9.17, 15) is 0 Å². The number of nitrogens with one attached hydrogen (secondary N) is 1. The number of ether oxygens (including phenoxy) is 1. The molecule has 0 aliphatic rings. The third-order valence-corrected chi connectivity index (χ3v) is 3.92. The van der Waals surface area contributed by atoms with E-state index >= 15 is 0 Å². The van der Waals surface area contributed by atoms with Crippen molar-refractivity contribution < 1.29 is 4.74 Å². The van der Waals surface area contributed by atoms with Crippen LogP contribution in [0.5, 0.6) is 5.75 Å². The smallest absolute Gasteiger partial charge is 0.123 e. The Bertz CT molecular complexity index is 426. The SMILES string of the molecule is CC[C@H](C)NCCCCOc1ccc(Cl)cc1C(C)(C)C. The molecule has 3 heteroatoms. The molecule has 0 bridgehead atoms. The summed E-state index contributed by atoms with van der Waals surface area (Å²) in [5.74, 6) is 0.960. The van der Waals surface area contributed by atoms with Gasteiger partial charge in [-0.2, -0.15) is 0 Å². The van der Waals surface area contributed by atoms with Crippen molar-refractivity contribution in [2.24, 2.45) is 0 Å². The van der Waals surface area contributed by atoms with E-state index in [4.69, 9.17) is 16.3 Å². The van der Waals surface area contributed by atoms with Gasteiger partial charge in [-0.25, -0.2) is 0 Å². The van der Waals surface area contributed by atoms with E-state index in [0.29, 0.717) is 6.04 Å². The molecule has 0 fully saturated rings. The van der Waals surface area contributed by atoms with Crippen LogP contribution in [0.1, 0.15) is 59.4 Å². The molecule has 0 aromatic heterocycles. The molecule has 1 atom stereocenters. The number of hydrogen-bond acceptors (Lipinski definition) is 2. The van der Waals surface area contributed by atoms with Crippen molar-refractivity contribution in [1.82, 2.24) is 5.32 Å². The molecule has 21 heavy (non-hydrogen) atoms. The second-order valence-electron chi connectivity index (χ2n) is 6.71. The summed E-state index contributed by atoms with van der Waals surface area (Å²) in [5, 5.41) is 4.27. The Morgan fingerprint density at radius 1 is 1.24 bits per heavy atom. The Balaban J connectivity index is 2.42. The number of hydrogen-bond donors (Lipinski definition) is 1. The predicted molar refractivity (Wildman–Crippen MR) is 92.6 cm³/mol. The highest BCUT2D eigenvalue weighted by Gasteiger charge is 2.19. The molecule has 1 N–H and O–H groups in total. The van der Waals surface area contributed by atoms with Crippen LogP contribution in [0, 0.1) is 0 Å². The summed E-state index contributed by atoms with van der Waals surface area (Å²) in [7, 11) is 0. The molecule has 0 unspecified atom stereocenters. The highest BCUT2D eigenvalue weighted by molar-refractivity contribution is 6.30. The zero-order valence-electron chi connectivity index (χ0n) is 14.1. The van der Waals surface area contributed by atoms with E-state index < -0.39 is 0 Å². The predicted octanol–water partition coefficient (Wildman–Crippen LogP) is 5.18. The van der Waals surface area contributed by atoms with Gasteiger partial charge >= 0.3 is 0 Å². The Morgan fingerprint density at radius 3 is 2.57 bits per heavy atom. The van der Waals surface area contributed by atoms with Crippen LogP contribution in [0.3, 0.4) is 0 Å². The monoisotopic (exact) mass is 311 g/mol. The molecule has 0 spiro atoms. The standard InChI is InChI=1S/C18H30ClNO/c1-6-14(2)20-11-7-8-12-21-17-10-9-15(19)13-16(17)18(3,4)5/h9-10,13-14,20H,6-8,11-12H2,1-5H3/t14-/m0/s1. The Morgan fingerprint density at radius 2 is 1.95 bits per heavy atom. The van der Waals surface area contributed by atoms with Gasteiger partial charge in [0.2, 0.25) is 0 Å². The lowest BCUT2D eigenvalue weighted by atomic mass is 9.86. The Kier molecular flexibility index (Phi) is 7.55. The van der Waals surface area contributed by atoms with Gasteiger partial charge in [-0.05, 0) is 56.3 Å². The number of halogens is 1. The van der Waals surface area contributed by atoms with Gasteiger partial charge in [0.15, 0.2) is 0 Å². The van der Waals surface area contributed by atoms with Crippen LogP contribution < -0.4 is 10.1 Å². The van der Waals surface area contributed by atoms with Gasteiger partial charge in [-0.1, -0.05) is 39.3 Å². The Labute approximate surface area is 135 Å². The van der Waals surface area contributed by atoms with Gasteiger partial charge < -0.3 is 10.1 Å². The van der Waals surface area contributed by atoms with Crippen molar-refractivity contribution >= 4 is 11.6 Å². The van der Waals surface area contributed by atoms with Gasteiger partial charge in [-0.15, -0.1) is 0 Å². The minimum Gasteiger partial charge on any atom is -0.493 e. The van der Waals surface area contributed by atoms with Crippen molar-refractivity contribution in [3.05, 3.63) is 28.8 Å². The maximum absolute atomic E-state index is 6.10. The van der Waals surface area contributed by atoms with Gasteiger partial charge in [0.25, 0.3) is 0 Å². The zero-order chi connectivity index (χ0) is 15.9. The van der Waals surface area contributed by atoms with Crippen LogP contribution in [0.4, 0.5) is 0 Å². The normalized spacial score (nSPS) is 13.2. The van der Waals surface area contributed by atoms with Crippen LogP contribution in [0.2, 0.25) is 5.02 Å². The molecule has 1 rings (SSSR count).